The number of fused-ring (bicyclic) bond motifs is 1. The van der Waals surface area contributed by atoms with Crippen LogP contribution in [0.5, 0.6) is 0 Å². The maximum absolute atomic E-state index is 12.2. The molecule has 0 spiro atoms. The fourth-order valence-corrected chi connectivity index (χ4v) is 3.76. The fraction of sp³-hybridized carbons (Fsp3) is 0. The summed E-state index contributed by atoms with van der Waals surface area (Å²) in [6.07, 6.45) is 1.69. The Bertz CT molecular complexity index is 882. The van der Waals surface area contributed by atoms with Gasteiger partial charge in [-0.1, -0.05) is 36.4 Å². The number of rotatable bonds is 2. The molecule has 1 N–H and O–H groups in total. The van der Waals surface area contributed by atoms with Crippen molar-refractivity contribution >= 4 is 51.1 Å². The zero-order chi connectivity index (χ0) is 15.8. The molecule has 7 heteroatoms. The van der Waals surface area contributed by atoms with Gasteiger partial charge >= 0.3 is 0 Å². The summed E-state index contributed by atoms with van der Waals surface area (Å²) < 4.78 is 0. The van der Waals surface area contributed by atoms with Crippen LogP contribution in [0.15, 0.2) is 63.5 Å². The first-order chi connectivity index (χ1) is 11.2. The Balaban J connectivity index is 1.71. The Morgan fingerprint density at radius 1 is 1.13 bits per heavy atom. The molecule has 0 atom stereocenters. The number of nitrogens with one attached hydrogen (secondary N) is 1. The van der Waals surface area contributed by atoms with Gasteiger partial charge in [0.05, 0.1) is 5.57 Å². The Morgan fingerprint density at radius 2 is 1.96 bits per heavy atom. The van der Waals surface area contributed by atoms with E-state index in [0.29, 0.717) is 5.17 Å². The van der Waals surface area contributed by atoms with Crippen LogP contribution in [0, 0.1) is 5.41 Å². The molecule has 5 nitrogen and oxygen atoms in total. The van der Waals surface area contributed by atoms with Gasteiger partial charge in [0.25, 0.3) is 5.91 Å². The number of aliphatic imine (C=N–C) groups is 1. The number of amidine groups is 2. The van der Waals surface area contributed by atoms with Gasteiger partial charge < -0.3 is 0 Å². The van der Waals surface area contributed by atoms with Crippen LogP contribution >= 0.6 is 23.1 Å². The maximum Gasteiger partial charge on any atom is 0.283 e. The summed E-state index contributed by atoms with van der Waals surface area (Å²) in [7, 11) is 0. The summed E-state index contributed by atoms with van der Waals surface area (Å²) in [6, 6.07) is 13.5. The highest BCUT2D eigenvalue weighted by atomic mass is 32.2. The van der Waals surface area contributed by atoms with Crippen molar-refractivity contribution in [1.29, 1.82) is 5.41 Å². The third kappa shape index (κ3) is 2.54. The third-order valence-electron chi connectivity index (χ3n) is 3.31. The second kappa shape index (κ2) is 5.60. The normalized spacial score (nSPS) is 19.0. The van der Waals surface area contributed by atoms with Gasteiger partial charge in [0.2, 0.25) is 5.17 Å². The number of hydrogen-bond acceptors (Lipinski definition) is 5. The van der Waals surface area contributed by atoms with Crippen molar-refractivity contribution in [2.45, 2.75) is 0 Å². The van der Waals surface area contributed by atoms with Gasteiger partial charge in [-0.15, -0.1) is 11.3 Å². The number of nitrogens with zero attached hydrogens (tertiary/aromatic N) is 3. The van der Waals surface area contributed by atoms with Gasteiger partial charge in [0.1, 0.15) is 5.04 Å². The summed E-state index contributed by atoms with van der Waals surface area (Å²) in [5.41, 5.74) is 1.20. The summed E-state index contributed by atoms with van der Waals surface area (Å²) in [4.78, 5) is 17.2. The lowest BCUT2D eigenvalue weighted by atomic mass is 10.1. The van der Waals surface area contributed by atoms with E-state index in [1.54, 1.807) is 6.08 Å². The van der Waals surface area contributed by atoms with Crippen molar-refractivity contribution in [3.63, 3.8) is 0 Å². The molecule has 0 saturated carbocycles. The molecule has 0 fully saturated rings. The van der Waals surface area contributed by atoms with Crippen LogP contribution in [0.4, 0.5) is 0 Å². The van der Waals surface area contributed by atoms with Gasteiger partial charge in [0, 0.05) is 10.4 Å². The van der Waals surface area contributed by atoms with Crippen LogP contribution in [0.1, 0.15) is 10.4 Å². The van der Waals surface area contributed by atoms with Crippen molar-refractivity contribution in [1.82, 2.24) is 5.01 Å². The van der Waals surface area contributed by atoms with Crippen molar-refractivity contribution < 1.29 is 4.79 Å². The number of amides is 1. The molecule has 1 aromatic heterocycles. The van der Waals surface area contributed by atoms with E-state index in [4.69, 9.17) is 5.41 Å². The quantitative estimate of drug-likeness (QED) is 0.853. The molecular formula is C16H10N4OS2. The van der Waals surface area contributed by atoms with Crippen LogP contribution in [0.3, 0.4) is 0 Å². The lowest BCUT2D eigenvalue weighted by Crippen LogP contribution is -2.35. The molecule has 2 aliphatic rings. The molecule has 1 amide bonds. The Morgan fingerprint density at radius 3 is 2.70 bits per heavy atom. The zero-order valence-electron chi connectivity index (χ0n) is 11.8. The van der Waals surface area contributed by atoms with Crippen molar-refractivity contribution in [2.24, 2.45) is 10.1 Å². The second-order valence-corrected chi connectivity index (χ2v) is 6.74. The number of thioether (sulfide) groups is 1. The van der Waals surface area contributed by atoms with E-state index in [-0.39, 0.29) is 11.4 Å². The number of hydrazone groups is 1. The van der Waals surface area contributed by atoms with E-state index in [9.17, 15) is 4.79 Å². The maximum atomic E-state index is 12.2. The molecule has 23 heavy (non-hydrogen) atoms. The molecule has 0 radical (unpaired) electrons. The molecule has 2 aliphatic heterocycles. The van der Waals surface area contributed by atoms with Crippen molar-refractivity contribution in [2.75, 3.05) is 0 Å². The molecular weight excluding hydrogens is 328 g/mol. The summed E-state index contributed by atoms with van der Waals surface area (Å²) >= 11 is 2.81. The SMILES string of the molecule is N=C1C(=Cc2cccs2)C(=O)N=C2SC(c3ccccc3)=NN12. The first-order valence-corrected chi connectivity index (χ1v) is 8.51. The number of carbonyl (C=O) groups excluding carboxylic acids is 1. The van der Waals surface area contributed by atoms with E-state index in [2.05, 4.69) is 10.1 Å². The topological polar surface area (TPSA) is 68.9 Å². The highest BCUT2D eigenvalue weighted by Gasteiger charge is 2.35. The van der Waals surface area contributed by atoms with E-state index < -0.39 is 5.91 Å². The van der Waals surface area contributed by atoms with Crippen LogP contribution in [0.25, 0.3) is 6.08 Å². The highest BCUT2D eigenvalue weighted by Crippen LogP contribution is 2.31. The number of carbonyl (C=O) groups is 1. The van der Waals surface area contributed by atoms with Gasteiger partial charge in [-0.25, -0.2) is 0 Å². The molecule has 1 aromatic carbocycles. The number of benzene rings is 1. The van der Waals surface area contributed by atoms with E-state index in [1.165, 1.54) is 28.1 Å². The highest BCUT2D eigenvalue weighted by molar-refractivity contribution is 8.27. The van der Waals surface area contributed by atoms with Crippen molar-refractivity contribution in [3.05, 3.63) is 63.9 Å². The Hall–Kier alpha value is -2.51. The molecule has 0 unspecified atom stereocenters. The summed E-state index contributed by atoms with van der Waals surface area (Å²) in [5.74, 6) is -0.335. The standard InChI is InChI=1S/C16H10N4OS2/c17-13-12(9-11-7-4-8-22-11)14(21)18-16-20(13)19-15(23-16)10-5-2-1-3-6-10/h1-9,17H. The van der Waals surface area contributed by atoms with Gasteiger partial charge in [0.15, 0.2) is 5.84 Å². The molecule has 0 saturated heterocycles. The minimum Gasteiger partial charge on any atom is -0.282 e. The summed E-state index contributed by atoms with van der Waals surface area (Å²) in [5, 5.41) is 17.3. The van der Waals surface area contributed by atoms with Crippen LogP contribution < -0.4 is 0 Å². The largest absolute Gasteiger partial charge is 0.283 e. The number of hydrogen-bond donors (Lipinski definition) is 1. The average Bonchev–Trinajstić information content (AvgIpc) is 3.22. The first-order valence-electron chi connectivity index (χ1n) is 6.81. The molecule has 0 aliphatic carbocycles. The molecule has 2 aromatic rings. The lowest BCUT2D eigenvalue weighted by molar-refractivity contribution is -0.114. The van der Waals surface area contributed by atoms with E-state index in [0.717, 1.165) is 15.5 Å². The predicted molar refractivity (Wildman–Crippen MR) is 94.9 cm³/mol. The zero-order valence-corrected chi connectivity index (χ0v) is 13.4. The minimum atomic E-state index is -0.397. The van der Waals surface area contributed by atoms with Crippen molar-refractivity contribution in [3.8, 4) is 0 Å². The molecule has 112 valence electrons. The minimum absolute atomic E-state index is 0.0619. The second-order valence-electron chi connectivity index (χ2n) is 4.81. The molecule has 3 heterocycles. The van der Waals surface area contributed by atoms with Gasteiger partial charge in [-0.2, -0.15) is 15.1 Å². The third-order valence-corrected chi connectivity index (χ3v) is 5.08. The molecule has 4 rings (SSSR count). The predicted octanol–water partition coefficient (Wildman–Crippen LogP) is 3.42. The van der Waals surface area contributed by atoms with Gasteiger partial charge in [-0.05, 0) is 29.3 Å². The van der Waals surface area contributed by atoms with Crippen LogP contribution in [0.2, 0.25) is 0 Å². The van der Waals surface area contributed by atoms with Crippen LogP contribution in [-0.4, -0.2) is 27.0 Å². The molecule has 0 bridgehead atoms. The fourth-order valence-electron chi connectivity index (χ4n) is 2.21. The lowest BCUT2D eigenvalue weighted by Gasteiger charge is -2.19. The van der Waals surface area contributed by atoms with Crippen LogP contribution in [-0.2, 0) is 4.79 Å². The van der Waals surface area contributed by atoms with Gasteiger partial charge in [-0.3, -0.25) is 10.2 Å². The monoisotopic (exact) mass is 338 g/mol. The first kappa shape index (κ1) is 14.1. The Kier molecular flexibility index (Phi) is 3.44. The van der Waals surface area contributed by atoms with E-state index in [1.807, 2.05) is 47.8 Å². The number of thiophene rings is 1. The Labute approximate surface area is 140 Å². The summed E-state index contributed by atoms with van der Waals surface area (Å²) in [6.45, 7) is 0. The van der Waals surface area contributed by atoms with E-state index >= 15 is 0 Å². The average molecular weight is 338 g/mol. The smallest absolute Gasteiger partial charge is 0.282 e.